The van der Waals surface area contributed by atoms with Gasteiger partial charge in [0.1, 0.15) is 17.6 Å². The van der Waals surface area contributed by atoms with Gasteiger partial charge < -0.3 is 10.3 Å². The second kappa shape index (κ2) is 5.77. The van der Waals surface area contributed by atoms with Crippen LogP contribution in [0.3, 0.4) is 0 Å². The highest BCUT2D eigenvalue weighted by Crippen LogP contribution is 2.25. The van der Waals surface area contributed by atoms with Crippen molar-refractivity contribution in [3.8, 4) is 0 Å². The number of carbonyl (C=O) groups is 1. The van der Waals surface area contributed by atoms with Crippen LogP contribution in [0, 0.1) is 0 Å². The van der Waals surface area contributed by atoms with Crippen LogP contribution in [0.5, 0.6) is 0 Å². The molecule has 0 aliphatic heterocycles. The number of hydrogen-bond donors (Lipinski definition) is 1. The lowest BCUT2D eigenvalue weighted by molar-refractivity contribution is -0.117. The zero-order chi connectivity index (χ0) is 13.8. The molecule has 0 radical (unpaired) electrons. The fourth-order valence-corrected chi connectivity index (χ4v) is 2.25. The van der Waals surface area contributed by atoms with E-state index in [1.54, 1.807) is 13.3 Å². The van der Waals surface area contributed by atoms with Gasteiger partial charge in [-0.3, -0.25) is 4.79 Å². The quantitative estimate of drug-likeness (QED) is 0.860. The molecule has 6 nitrogen and oxygen atoms in total. The molecule has 0 aromatic carbocycles. The number of unbranched alkanes of at least 4 members (excludes halogenated alkanes) is 1. The molecule has 2 rings (SSSR count). The highest BCUT2D eigenvalue weighted by Gasteiger charge is 2.17. The maximum Gasteiger partial charge on any atom is 0.165 e. The second-order valence-electron chi connectivity index (χ2n) is 4.79. The summed E-state index contributed by atoms with van der Waals surface area (Å²) in [4.78, 5) is 23.8. The number of anilines is 1. The molecule has 102 valence electrons. The third-order valence-electron chi connectivity index (χ3n) is 3.19. The Balaban J connectivity index is 2.37. The summed E-state index contributed by atoms with van der Waals surface area (Å²) in [5.74, 6) is 0.547. The zero-order valence-corrected chi connectivity index (χ0v) is 11.3. The number of rotatable bonds is 6. The van der Waals surface area contributed by atoms with Crippen molar-refractivity contribution in [2.45, 2.75) is 45.6 Å². The van der Waals surface area contributed by atoms with Crippen LogP contribution in [-0.2, 0) is 4.79 Å². The minimum absolute atomic E-state index is 0.0942. The minimum Gasteiger partial charge on any atom is -0.382 e. The molecule has 1 unspecified atom stereocenters. The predicted octanol–water partition coefficient (Wildman–Crippen LogP) is 2.12. The molecule has 0 saturated carbocycles. The Morgan fingerprint density at radius 1 is 1.42 bits per heavy atom. The summed E-state index contributed by atoms with van der Waals surface area (Å²) in [5.41, 5.74) is 7.08. The van der Waals surface area contributed by atoms with E-state index in [9.17, 15) is 4.79 Å². The monoisotopic (exact) mass is 261 g/mol. The Bertz CT molecular complexity index is 577. The summed E-state index contributed by atoms with van der Waals surface area (Å²) in [5, 5.41) is 0. The standard InChI is InChI=1S/C13H19N5O/c1-3-4-5-10(6-9(2)19)18-8-17-11-12(14)15-7-16-13(11)18/h7-8,10H,3-6H2,1-2H3,(H2,14,15,16). The first-order chi connectivity index (χ1) is 9.13. The number of imidazole rings is 1. The number of nitrogens with two attached hydrogens (primary N) is 1. The van der Waals surface area contributed by atoms with Crippen molar-refractivity contribution >= 4 is 22.8 Å². The number of aromatic nitrogens is 4. The van der Waals surface area contributed by atoms with Crippen LogP contribution in [-0.4, -0.2) is 25.3 Å². The van der Waals surface area contributed by atoms with Crippen LogP contribution in [0.4, 0.5) is 5.82 Å². The molecule has 6 heteroatoms. The summed E-state index contributed by atoms with van der Waals surface area (Å²) >= 11 is 0. The third kappa shape index (κ3) is 2.89. The minimum atomic E-state index is 0.0942. The largest absolute Gasteiger partial charge is 0.382 e. The van der Waals surface area contributed by atoms with E-state index >= 15 is 0 Å². The lowest BCUT2D eigenvalue weighted by Crippen LogP contribution is -2.12. The highest BCUT2D eigenvalue weighted by molar-refractivity contribution is 5.81. The fourth-order valence-electron chi connectivity index (χ4n) is 2.25. The normalized spacial score (nSPS) is 12.7. The summed E-state index contributed by atoms with van der Waals surface area (Å²) in [6.45, 7) is 3.75. The van der Waals surface area contributed by atoms with E-state index < -0.39 is 0 Å². The average molecular weight is 261 g/mol. The average Bonchev–Trinajstić information content (AvgIpc) is 2.79. The first-order valence-electron chi connectivity index (χ1n) is 6.56. The SMILES string of the molecule is CCCCC(CC(C)=O)n1cnc2c(N)ncnc21. The first-order valence-corrected chi connectivity index (χ1v) is 6.56. The number of Topliss-reactive ketones (excluding diaryl/α,β-unsaturated/α-hetero) is 1. The third-order valence-corrected chi connectivity index (χ3v) is 3.19. The van der Waals surface area contributed by atoms with Crippen LogP contribution >= 0.6 is 0 Å². The molecule has 0 fully saturated rings. The van der Waals surface area contributed by atoms with Crippen LogP contribution in [0.1, 0.15) is 45.6 Å². The van der Waals surface area contributed by atoms with Crippen molar-refractivity contribution in [1.29, 1.82) is 0 Å². The molecule has 2 N–H and O–H groups in total. The lowest BCUT2D eigenvalue weighted by Gasteiger charge is -2.17. The number of nitrogens with zero attached hydrogens (tertiary/aromatic N) is 4. The molecule has 0 saturated heterocycles. The topological polar surface area (TPSA) is 86.7 Å². The van der Waals surface area contributed by atoms with Gasteiger partial charge in [0.15, 0.2) is 11.5 Å². The van der Waals surface area contributed by atoms with Crippen molar-refractivity contribution in [2.75, 3.05) is 5.73 Å². The molecular formula is C13H19N5O. The van der Waals surface area contributed by atoms with Gasteiger partial charge in [-0.05, 0) is 13.3 Å². The van der Waals surface area contributed by atoms with Gasteiger partial charge >= 0.3 is 0 Å². The summed E-state index contributed by atoms with van der Waals surface area (Å²) in [6, 6.07) is 0.0942. The first kappa shape index (κ1) is 13.5. The molecule has 0 amide bonds. The van der Waals surface area contributed by atoms with Gasteiger partial charge in [0.2, 0.25) is 0 Å². The van der Waals surface area contributed by atoms with Crippen molar-refractivity contribution in [2.24, 2.45) is 0 Å². The summed E-state index contributed by atoms with van der Waals surface area (Å²) in [7, 11) is 0. The van der Waals surface area contributed by atoms with E-state index in [-0.39, 0.29) is 11.8 Å². The maximum atomic E-state index is 11.4. The van der Waals surface area contributed by atoms with Gasteiger partial charge in [0.25, 0.3) is 0 Å². The van der Waals surface area contributed by atoms with Gasteiger partial charge in [-0.15, -0.1) is 0 Å². The summed E-state index contributed by atoms with van der Waals surface area (Å²) in [6.07, 6.45) is 6.73. The molecule has 2 aromatic heterocycles. The molecule has 2 heterocycles. The molecule has 0 aliphatic rings. The second-order valence-corrected chi connectivity index (χ2v) is 4.79. The van der Waals surface area contributed by atoms with Gasteiger partial charge in [0.05, 0.1) is 6.33 Å². The van der Waals surface area contributed by atoms with Crippen molar-refractivity contribution < 1.29 is 4.79 Å². The highest BCUT2D eigenvalue weighted by atomic mass is 16.1. The molecular weight excluding hydrogens is 242 g/mol. The predicted molar refractivity (Wildman–Crippen MR) is 73.6 cm³/mol. The van der Waals surface area contributed by atoms with E-state index in [0.29, 0.717) is 23.4 Å². The maximum absolute atomic E-state index is 11.4. The molecule has 0 aliphatic carbocycles. The smallest absolute Gasteiger partial charge is 0.165 e. The van der Waals surface area contributed by atoms with Crippen molar-refractivity contribution in [3.05, 3.63) is 12.7 Å². The van der Waals surface area contributed by atoms with Gasteiger partial charge in [-0.2, -0.15) is 0 Å². The van der Waals surface area contributed by atoms with E-state index in [1.807, 2.05) is 4.57 Å². The molecule has 1 atom stereocenters. The summed E-state index contributed by atoms with van der Waals surface area (Å²) < 4.78 is 1.95. The van der Waals surface area contributed by atoms with E-state index in [1.165, 1.54) is 6.33 Å². The number of hydrogen-bond acceptors (Lipinski definition) is 5. The molecule has 19 heavy (non-hydrogen) atoms. The molecule has 0 bridgehead atoms. The van der Waals surface area contributed by atoms with Crippen molar-refractivity contribution in [1.82, 2.24) is 19.5 Å². The number of ketones is 1. The Kier molecular flexibility index (Phi) is 4.09. The van der Waals surface area contributed by atoms with E-state index in [2.05, 4.69) is 21.9 Å². The Morgan fingerprint density at radius 3 is 2.89 bits per heavy atom. The molecule has 2 aromatic rings. The van der Waals surface area contributed by atoms with E-state index in [0.717, 1.165) is 19.3 Å². The van der Waals surface area contributed by atoms with Gasteiger partial charge in [-0.25, -0.2) is 15.0 Å². The van der Waals surface area contributed by atoms with Crippen LogP contribution in [0.15, 0.2) is 12.7 Å². The van der Waals surface area contributed by atoms with Gasteiger partial charge in [-0.1, -0.05) is 19.8 Å². The number of fused-ring (bicyclic) bond motifs is 1. The molecule has 0 spiro atoms. The van der Waals surface area contributed by atoms with Crippen molar-refractivity contribution in [3.63, 3.8) is 0 Å². The number of carbonyl (C=O) groups excluding carboxylic acids is 1. The van der Waals surface area contributed by atoms with E-state index in [4.69, 9.17) is 5.73 Å². The van der Waals surface area contributed by atoms with Crippen LogP contribution in [0.25, 0.3) is 11.2 Å². The Labute approximate surface area is 112 Å². The number of nitrogen functional groups attached to an aromatic ring is 1. The Hall–Kier alpha value is -1.98. The van der Waals surface area contributed by atoms with Crippen LogP contribution in [0.2, 0.25) is 0 Å². The Morgan fingerprint density at radius 2 is 2.21 bits per heavy atom. The zero-order valence-electron chi connectivity index (χ0n) is 11.3. The lowest BCUT2D eigenvalue weighted by atomic mass is 10.0. The van der Waals surface area contributed by atoms with Crippen LogP contribution < -0.4 is 5.73 Å². The fraction of sp³-hybridized carbons (Fsp3) is 0.538. The van der Waals surface area contributed by atoms with Gasteiger partial charge in [0, 0.05) is 12.5 Å².